The van der Waals surface area contributed by atoms with Gasteiger partial charge in [0, 0.05) is 0 Å². The minimum atomic E-state index is 0.173. The van der Waals surface area contributed by atoms with Crippen LogP contribution in [0.25, 0.3) is 0 Å². The van der Waals surface area contributed by atoms with Gasteiger partial charge in [-0.2, -0.15) is 0 Å². The van der Waals surface area contributed by atoms with Crippen molar-refractivity contribution in [2.45, 2.75) is 71.0 Å². The summed E-state index contributed by atoms with van der Waals surface area (Å²) >= 11 is 0. The molecule has 0 aliphatic carbocycles. The van der Waals surface area contributed by atoms with Crippen molar-refractivity contribution >= 4 is 0 Å². The molecule has 0 saturated carbocycles. The second-order valence-electron chi connectivity index (χ2n) is 4.30. The normalized spacial score (nSPS) is 34.0. The molecule has 0 aromatic rings. The molecule has 0 N–H and O–H groups in total. The van der Waals surface area contributed by atoms with E-state index in [1.807, 2.05) is 0 Å². The van der Waals surface area contributed by atoms with Gasteiger partial charge < -0.3 is 4.74 Å². The van der Waals surface area contributed by atoms with Crippen LogP contribution in [-0.2, 0) is 4.74 Å². The van der Waals surface area contributed by atoms with Crippen LogP contribution >= 0.6 is 0 Å². The summed E-state index contributed by atoms with van der Waals surface area (Å²) in [5.41, 5.74) is 0.386. The number of hydrogen-bond acceptors (Lipinski definition) is 1. The van der Waals surface area contributed by atoms with E-state index in [2.05, 4.69) is 27.7 Å². The average Bonchev–Trinajstić information content (AvgIpc) is 2.46. The van der Waals surface area contributed by atoms with Crippen LogP contribution in [0.15, 0.2) is 0 Å². The molecule has 0 bridgehead atoms. The highest BCUT2D eigenvalue weighted by molar-refractivity contribution is 4.92. The summed E-state index contributed by atoms with van der Waals surface area (Å²) in [7, 11) is 0. The molecule has 1 heterocycles. The minimum absolute atomic E-state index is 0.173. The lowest BCUT2D eigenvalue weighted by molar-refractivity contribution is -0.0998. The van der Waals surface area contributed by atoms with Gasteiger partial charge in [-0.05, 0) is 39.0 Å². The van der Waals surface area contributed by atoms with Crippen LogP contribution in [0.3, 0.4) is 0 Å². The highest BCUT2D eigenvalue weighted by atomic mass is 16.5. The van der Waals surface area contributed by atoms with E-state index < -0.39 is 0 Å². The Hall–Kier alpha value is -0.0400. The molecule has 1 nitrogen and oxygen atoms in total. The SMILES string of the molecule is CCC1(C)CCC(CC)(CC)O1. The van der Waals surface area contributed by atoms with Gasteiger partial charge in [0.05, 0.1) is 11.2 Å². The molecule has 1 aliphatic heterocycles. The largest absolute Gasteiger partial charge is 0.369 e. The average molecular weight is 170 g/mol. The Balaban J connectivity index is 2.64. The van der Waals surface area contributed by atoms with Crippen molar-refractivity contribution in [3.05, 3.63) is 0 Å². The summed E-state index contributed by atoms with van der Waals surface area (Å²) in [5, 5.41) is 0. The Bertz CT molecular complexity index is 149. The maximum absolute atomic E-state index is 6.18. The third kappa shape index (κ3) is 1.66. The Labute approximate surface area is 76.5 Å². The maximum atomic E-state index is 6.18. The van der Waals surface area contributed by atoms with Gasteiger partial charge in [-0.1, -0.05) is 20.8 Å². The first kappa shape index (κ1) is 10.0. The molecule has 1 rings (SSSR count). The van der Waals surface area contributed by atoms with Crippen molar-refractivity contribution in [2.75, 3.05) is 0 Å². The fraction of sp³-hybridized carbons (Fsp3) is 1.00. The van der Waals surface area contributed by atoms with E-state index in [0.29, 0.717) is 0 Å². The van der Waals surface area contributed by atoms with E-state index in [-0.39, 0.29) is 11.2 Å². The fourth-order valence-electron chi connectivity index (χ4n) is 2.11. The highest BCUT2D eigenvalue weighted by Crippen LogP contribution is 2.43. The molecule has 0 amide bonds. The molecule has 0 aromatic heterocycles. The maximum Gasteiger partial charge on any atom is 0.0685 e. The molecule has 1 unspecified atom stereocenters. The lowest BCUT2D eigenvalue weighted by atomic mass is 9.92. The van der Waals surface area contributed by atoms with E-state index >= 15 is 0 Å². The molecule has 1 heteroatoms. The van der Waals surface area contributed by atoms with Gasteiger partial charge in [-0.25, -0.2) is 0 Å². The first-order valence-corrected chi connectivity index (χ1v) is 5.30. The number of ether oxygens (including phenoxy) is 1. The monoisotopic (exact) mass is 170 g/mol. The smallest absolute Gasteiger partial charge is 0.0685 e. The van der Waals surface area contributed by atoms with Crippen LogP contribution < -0.4 is 0 Å². The molecule has 0 aromatic carbocycles. The topological polar surface area (TPSA) is 9.23 Å². The van der Waals surface area contributed by atoms with Crippen molar-refractivity contribution in [3.63, 3.8) is 0 Å². The molecular weight excluding hydrogens is 148 g/mol. The van der Waals surface area contributed by atoms with Gasteiger partial charge in [0.15, 0.2) is 0 Å². The molecule has 1 atom stereocenters. The van der Waals surface area contributed by atoms with Crippen LogP contribution in [0, 0.1) is 0 Å². The van der Waals surface area contributed by atoms with Gasteiger partial charge in [0.1, 0.15) is 0 Å². The Morgan fingerprint density at radius 1 is 1.00 bits per heavy atom. The summed E-state index contributed by atoms with van der Waals surface area (Å²) < 4.78 is 6.18. The summed E-state index contributed by atoms with van der Waals surface area (Å²) in [4.78, 5) is 0. The van der Waals surface area contributed by atoms with Crippen molar-refractivity contribution in [1.29, 1.82) is 0 Å². The zero-order valence-electron chi connectivity index (χ0n) is 8.94. The first-order chi connectivity index (χ1) is 5.60. The molecule has 72 valence electrons. The predicted octanol–water partition coefficient (Wildman–Crippen LogP) is 3.52. The van der Waals surface area contributed by atoms with Gasteiger partial charge in [0.25, 0.3) is 0 Å². The van der Waals surface area contributed by atoms with Crippen LogP contribution in [0.5, 0.6) is 0 Å². The molecule has 0 radical (unpaired) electrons. The molecule has 0 spiro atoms. The lowest BCUT2D eigenvalue weighted by Gasteiger charge is -2.31. The minimum Gasteiger partial charge on any atom is -0.369 e. The third-order valence-electron chi connectivity index (χ3n) is 3.61. The standard InChI is InChI=1S/C11H22O/c1-5-10(4)8-9-11(6-2,7-3)12-10/h5-9H2,1-4H3. The van der Waals surface area contributed by atoms with Crippen molar-refractivity contribution in [3.8, 4) is 0 Å². The van der Waals surface area contributed by atoms with Gasteiger partial charge in [-0.15, -0.1) is 0 Å². The molecule has 12 heavy (non-hydrogen) atoms. The van der Waals surface area contributed by atoms with Crippen LogP contribution in [0.4, 0.5) is 0 Å². The predicted molar refractivity (Wildman–Crippen MR) is 52.3 cm³/mol. The van der Waals surface area contributed by atoms with E-state index in [1.54, 1.807) is 0 Å². The summed E-state index contributed by atoms with van der Waals surface area (Å²) in [6, 6.07) is 0. The van der Waals surface area contributed by atoms with E-state index in [9.17, 15) is 0 Å². The van der Waals surface area contributed by atoms with Crippen molar-refractivity contribution in [2.24, 2.45) is 0 Å². The third-order valence-corrected chi connectivity index (χ3v) is 3.61. The fourth-order valence-corrected chi connectivity index (χ4v) is 2.11. The summed E-state index contributed by atoms with van der Waals surface area (Å²) in [6.07, 6.45) is 5.97. The lowest BCUT2D eigenvalue weighted by Crippen LogP contribution is -2.32. The molecule has 1 saturated heterocycles. The Morgan fingerprint density at radius 2 is 1.58 bits per heavy atom. The summed E-state index contributed by atoms with van der Waals surface area (Å²) in [6.45, 7) is 8.96. The number of hydrogen-bond donors (Lipinski definition) is 0. The second-order valence-corrected chi connectivity index (χ2v) is 4.30. The van der Waals surface area contributed by atoms with Gasteiger partial charge >= 0.3 is 0 Å². The van der Waals surface area contributed by atoms with E-state index in [0.717, 1.165) is 6.42 Å². The number of rotatable bonds is 3. The second kappa shape index (κ2) is 3.37. The Kier molecular flexibility index (Phi) is 2.82. The zero-order valence-corrected chi connectivity index (χ0v) is 8.94. The molecule has 1 aliphatic rings. The van der Waals surface area contributed by atoms with Crippen LogP contribution in [-0.4, -0.2) is 11.2 Å². The highest BCUT2D eigenvalue weighted by Gasteiger charge is 2.43. The quantitative estimate of drug-likeness (QED) is 0.629. The van der Waals surface area contributed by atoms with E-state index in [4.69, 9.17) is 4.74 Å². The Morgan fingerprint density at radius 3 is 1.83 bits per heavy atom. The van der Waals surface area contributed by atoms with Crippen LogP contribution in [0.2, 0.25) is 0 Å². The summed E-state index contributed by atoms with van der Waals surface area (Å²) in [5.74, 6) is 0. The van der Waals surface area contributed by atoms with E-state index in [1.165, 1.54) is 25.7 Å². The van der Waals surface area contributed by atoms with Crippen molar-refractivity contribution < 1.29 is 4.74 Å². The van der Waals surface area contributed by atoms with Gasteiger partial charge in [0.2, 0.25) is 0 Å². The van der Waals surface area contributed by atoms with Gasteiger partial charge in [-0.3, -0.25) is 0 Å². The first-order valence-electron chi connectivity index (χ1n) is 5.30. The molecular formula is C11H22O. The molecule has 1 fully saturated rings. The zero-order chi connectivity index (χ0) is 9.24. The van der Waals surface area contributed by atoms with Crippen LogP contribution in [0.1, 0.15) is 59.8 Å². The van der Waals surface area contributed by atoms with Crippen molar-refractivity contribution in [1.82, 2.24) is 0 Å².